The molecule has 18 heavy (non-hydrogen) atoms. The third kappa shape index (κ3) is 8.48. The van der Waals surface area contributed by atoms with Gasteiger partial charge < -0.3 is 14.8 Å². The summed E-state index contributed by atoms with van der Waals surface area (Å²) in [5.41, 5.74) is 0. The molecule has 0 aromatic carbocycles. The summed E-state index contributed by atoms with van der Waals surface area (Å²) in [6.45, 7) is 11.1. The summed E-state index contributed by atoms with van der Waals surface area (Å²) < 4.78 is 10.7. The van der Waals surface area contributed by atoms with Gasteiger partial charge in [-0.25, -0.2) is 0 Å². The zero-order valence-corrected chi connectivity index (χ0v) is 12.5. The Labute approximate surface area is 111 Å². The minimum Gasteiger partial charge on any atom is -0.465 e. The molecule has 0 amide bonds. The minimum absolute atomic E-state index is 0.182. The molecule has 0 rings (SSSR count). The van der Waals surface area contributed by atoms with Crippen LogP contribution in [-0.4, -0.2) is 37.4 Å². The number of esters is 1. The zero-order chi connectivity index (χ0) is 14.0. The van der Waals surface area contributed by atoms with E-state index in [1.807, 2.05) is 20.8 Å². The average molecular weight is 259 g/mol. The van der Waals surface area contributed by atoms with Crippen LogP contribution in [0.1, 0.15) is 53.9 Å². The van der Waals surface area contributed by atoms with Crippen LogP contribution in [0.15, 0.2) is 0 Å². The fourth-order valence-corrected chi connectivity index (χ4v) is 1.79. The van der Waals surface area contributed by atoms with Gasteiger partial charge in [-0.1, -0.05) is 27.2 Å². The normalized spacial score (nSPS) is 14.6. The molecule has 0 aromatic heterocycles. The van der Waals surface area contributed by atoms with Crippen molar-refractivity contribution in [1.29, 1.82) is 0 Å². The molecule has 0 aliphatic carbocycles. The standard InChI is InChI=1S/C14H29NO3/c1-6-8-12(5)18-10-9-13(15-11(3)4)14(16)17-7-2/h11-13,15H,6-10H2,1-5H3. The molecule has 0 radical (unpaired) electrons. The van der Waals surface area contributed by atoms with E-state index in [-0.39, 0.29) is 24.2 Å². The lowest BCUT2D eigenvalue weighted by atomic mass is 10.2. The van der Waals surface area contributed by atoms with Crippen molar-refractivity contribution < 1.29 is 14.3 Å². The zero-order valence-electron chi connectivity index (χ0n) is 12.5. The fraction of sp³-hybridized carbons (Fsp3) is 0.929. The molecule has 0 saturated heterocycles. The van der Waals surface area contributed by atoms with Gasteiger partial charge in [0, 0.05) is 12.6 Å². The predicted molar refractivity (Wildman–Crippen MR) is 73.6 cm³/mol. The topological polar surface area (TPSA) is 47.6 Å². The first kappa shape index (κ1) is 17.4. The number of ether oxygens (including phenoxy) is 2. The quantitative estimate of drug-likeness (QED) is 0.612. The summed E-state index contributed by atoms with van der Waals surface area (Å²) >= 11 is 0. The van der Waals surface area contributed by atoms with Crippen LogP contribution in [0.4, 0.5) is 0 Å². The van der Waals surface area contributed by atoms with Crippen molar-refractivity contribution >= 4 is 5.97 Å². The lowest BCUT2D eigenvalue weighted by Crippen LogP contribution is -2.42. The highest BCUT2D eigenvalue weighted by molar-refractivity contribution is 5.75. The van der Waals surface area contributed by atoms with Gasteiger partial charge in [-0.15, -0.1) is 0 Å². The third-order valence-electron chi connectivity index (χ3n) is 2.61. The first-order valence-electron chi connectivity index (χ1n) is 7.05. The lowest BCUT2D eigenvalue weighted by Gasteiger charge is -2.20. The van der Waals surface area contributed by atoms with Crippen LogP contribution in [0.2, 0.25) is 0 Å². The second-order valence-corrected chi connectivity index (χ2v) is 4.88. The second-order valence-electron chi connectivity index (χ2n) is 4.88. The van der Waals surface area contributed by atoms with Crippen LogP contribution < -0.4 is 5.32 Å². The van der Waals surface area contributed by atoms with Gasteiger partial charge in [-0.3, -0.25) is 4.79 Å². The predicted octanol–water partition coefficient (Wildman–Crippen LogP) is 2.51. The smallest absolute Gasteiger partial charge is 0.323 e. The molecule has 4 nitrogen and oxygen atoms in total. The van der Waals surface area contributed by atoms with Gasteiger partial charge in [-0.05, 0) is 26.7 Å². The highest BCUT2D eigenvalue weighted by Gasteiger charge is 2.20. The van der Waals surface area contributed by atoms with E-state index in [0.717, 1.165) is 12.8 Å². The highest BCUT2D eigenvalue weighted by Crippen LogP contribution is 2.04. The van der Waals surface area contributed by atoms with Crippen molar-refractivity contribution in [3.63, 3.8) is 0 Å². The molecule has 0 saturated carbocycles. The Morgan fingerprint density at radius 2 is 1.83 bits per heavy atom. The van der Waals surface area contributed by atoms with Gasteiger partial charge in [0.1, 0.15) is 6.04 Å². The fourth-order valence-electron chi connectivity index (χ4n) is 1.79. The van der Waals surface area contributed by atoms with E-state index in [1.165, 1.54) is 0 Å². The van der Waals surface area contributed by atoms with E-state index in [4.69, 9.17) is 9.47 Å². The molecular weight excluding hydrogens is 230 g/mol. The number of rotatable bonds is 10. The monoisotopic (exact) mass is 259 g/mol. The van der Waals surface area contributed by atoms with Crippen molar-refractivity contribution in [1.82, 2.24) is 5.32 Å². The first-order chi connectivity index (χ1) is 8.51. The molecule has 0 aliphatic heterocycles. The summed E-state index contributed by atoms with van der Waals surface area (Å²) in [5, 5.41) is 3.22. The number of hydrogen-bond acceptors (Lipinski definition) is 4. The average Bonchev–Trinajstić information content (AvgIpc) is 2.28. The number of nitrogens with one attached hydrogen (secondary N) is 1. The number of carbonyl (C=O) groups excluding carboxylic acids is 1. The summed E-state index contributed by atoms with van der Waals surface area (Å²) in [6.07, 6.45) is 3.09. The van der Waals surface area contributed by atoms with Gasteiger partial charge in [0.25, 0.3) is 0 Å². The Kier molecular flexibility index (Phi) is 9.98. The lowest BCUT2D eigenvalue weighted by molar-refractivity contribution is -0.146. The Morgan fingerprint density at radius 3 is 2.33 bits per heavy atom. The Morgan fingerprint density at radius 1 is 1.17 bits per heavy atom. The molecule has 0 aromatic rings. The van der Waals surface area contributed by atoms with Gasteiger partial charge in [0.05, 0.1) is 12.7 Å². The maximum Gasteiger partial charge on any atom is 0.323 e. The van der Waals surface area contributed by atoms with E-state index in [0.29, 0.717) is 19.6 Å². The molecule has 4 heteroatoms. The molecule has 0 aliphatic rings. The van der Waals surface area contributed by atoms with Gasteiger partial charge in [0.15, 0.2) is 0 Å². The van der Waals surface area contributed by atoms with E-state index >= 15 is 0 Å². The molecule has 108 valence electrons. The number of hydrogen-bond donors (Lipinski definition) is 1. The maximum atomic E-state index is 11.7. The summed E-state index contributed by atoms with van der Waals surface area (Å²) in [6, 6.07) is -0.00810. The summed E-state index contributed by atoms with van der Waals surface area (Å²) in [4.78, 5) is 11.7. The Hall–Kier alpha value is -0.610. The van der Waals surface area contributed by atoms with Crippen molar-refractivity contribution in [2.75, 3.05) is 13.2 Å². The van der Waals surface area contributed by atoms with Crippen molar-refractivity contribution in [3.05, 3.63) is 0 Å². The van der Waals surface area contributed by atoms with Gasteiger partial charge in [0.2, 0.25) is 0 Å². The molecule has 1 N–H and O–H groups in total. The first-order valence-corrected chi connectivity index (χ1v) is 7.05. The van der Waals surface area contributed by atoms with Crippen molar-refractivity contribution in [2.45, 2.75) is 72.1 Å². The van der Waals surface area contributed by atoms with E-state index in [2.05, 4.69) is 19.2 Å². The molecular formula is C14H29NO3. The highest BCUT2D eigenvalue weighted by atomic mass is 16.5. The van der Waals surface area contributed by atoms with Crippen LogP contribution in [0, 0.1) is 0 Å². The van der Waals surface area contributed by atoms with Crippen LogP contribution in [0.5, 0.6) is 0 Å². The van der Waals surface area contributed by atoms with Crippen molar-refractivity contribution in [3.8, 4) is 0 Å². The Balaban J connectivity index is 4.04. The maximum absolute atomic E-state index is 11.7. The molecule has 0 heterocycles. The number of carbonyl (C=O) groups is 1. The summed E-state index contributed by atoms with van der Waals surface area (Å²) in [7, 11) is 0. The van der Waals surface area contributed by atoms with Gasteiger partial charge >= 0.3 is 5.97 Å². The van der Waals surface area contributed by atoms with Crippen LogP contribution in [-0.2, 0) is 14.3 Å². The molecule has 0 bridgehead atoms. The molecule has 2 atom stereocenters. The van der Waals surface area contributed by atoms with Crippen LogP contribution >= 0.6 is 0 Å². The van der Waals surface area contributed by atoms with Crippen LogP contribution in [0.3, 0.4) is 0 Å². The summed E-state index contributed by atoms with van der Waals surface area (Å²) in [5.74, 6) is -0.182. The van der Waals surface area contributed by atoms with E-state index in [9.17, 15) is 4.79 Å². The third-order valence-corrected chi connectivity index (χ3v) is 2.61. The van der Waals surface area contributed by atoms with E-state index < -0.39 is 0 Å². The molecule has 2 unspecified atom stereocenters. The molecule has 0 fully saturated rings. The Bertz CT molecular complexity index is 219. The van der Waals surface area contributed by atoms with Crippen LogP contribution in [0.25, 0.3) is 0 Å². The SMILES string of the molecule is CCCC(C)OCCC(NC(C)C)C(=O)OCC. The van der Waals surface area contributed by atoms with Gasteiger partial charge in [-0.2, -0.15) is 0 Å². The van der Waals surface area contributed by atoms with E-state index in [1.54, 1.807) is 0 Å². The largest absolute Gasteiger partial charge is 0.465 e. The minimum atomic E-state index is -0.265. The molecule has 0 spiro atoms. The second kappa shape index (κ2) is 10.3. The van der Waals surface area contributed by atoms with Crippen molar-refractivity contribution in [2.24, 2.45) is 0 Å².